The molecule has 1 rings (SSSR count). The van der Waals surface area contributed by atoms with Crippen LogP contribution in [0.3, 0.4) is 0 Å². The minimum absolute atomic E-state index is 0.409. The van der Waals surface area contributed by atoms with Gasteiger partial charge in [0.1, 0.15) is 5.75 Å². The number of ether oxygens (including phenoxy) is 1. The van der Waals surface area contributed by atoms with Crippen molar-refractivity contribution in [2.45, 2.75) is 32.6 Å². The first kappa shape index (κ1) is 12.4. The fraction of sp³-hybridized carbons (Fsp3) is 0.538. The molecule has 15 heavy (non-hydrogen) atoms. The zero-order chi connectivity index (χ0) is 11.3. The molecule has 0 bridgehead atoms. The molecule has 0 aliphatic heterocycles. The van der Waals surface area contributed by atoms with Crippen LogP contribution in [0, 0.1) is 6.92 Å². The largest absolute Gasteiger partial charge is 0.496 e. The molecular weight excluding hydrogens is 208 g/mol. The molecule has 1 aromatic carbocycles. The highest BCUT2D eigenvalue weighted by Crippen LogP contribution is 2.31. The Hall–Kier alpha value is -0.690. The molecule has 0 radical (unpaired) electrons. The van der Waals surface area contributed by atoms with E-state index in [9.17, 15) is 0 Å². The van der Waals surface area contributed by atoms with E-state index in [-0.39, 0.29) is 0 Å². The van der Waals surface area contributed by atoms with E-state index in [2.05, 4.69) is 26.0 Å². The molecule has 0 saturated carbocycles. The van der Waals surface area contributed by atoms with Crippen molar-refractivity contribution in [1.82, 2.24) is 0 Å². The number of rotatable bonds is 5. The summed E-state index contributed by atoms with van der Waals surface area (Å²) in [5, 5.41) is 0. The second kappa shape index (κ2) is 6.02. The smallest absolute Gasteiger partial charge is 0.122 e. The number of benzene rings is 1. The van der Waals surface area contributed by atoms with Gasteiger partial charge in [-0.1, -0.05) is 31.0 Å². The third kappa shape index (κ3) is 3.13. The maximum Gasteiger partial charge on any atom is 0.122 e. The molecule has 0 fully saturated rings. The Balaban J connectivity index is 3.02. The summed E-state index contributed by atoms with van der Waals surface area (Å²) in [5.41, 5.74) is 2.51. The van der Waals surface area contributed by atoms with Gasteiger partial charge in [0.15, 0.2) is 0 Å². The van der Waals surface area contributed by atoms with Crippen molar-refractivity contribution < 1.29 is 4.74 Å². The van der Waals surface area contributed by atoms with Gasteiger partial charge in [0.05, 0.1) is 7.11 Å². The lowest BCUT2D eigenvalue weighted by Crippen LogP contribution is -2.03. The van der Waals surface area contributed by atoms with E-state index in [0.717, 1.165) is 18.6 Å². The number of alkyl halides is 1. The Morgan fingerprint density at radius 1 is 1.40 bits per heavy atom. The maximum atomic E-state index is 6.01. The van der Waals surface area contributed by atoms with Crippen LogP contribution in [0.1, 0.15) is 36.8 Å². The Bertz CT molecular complexity index is 309. The molecule has 1 aromatic rings. The molecule has 0 aliphatic carbocycles. The van der Waals surface area contributed by atoms with Crippen LogP contribution in [0.2, 0.25) is 0 Å². The normalized spacial score (nSPS) is 12.5. The van der Waals surface area contributed by atoms with Gasteiger partial charge >= 0.3 is 0 Å². The van der Waals surface area contributed by atoms with Gasteiger partial charge in [-0.15, -0.1) is 11.6 Å². The molecule has 1 atom stereocenters. The van der Waals surface area contributed by atoms with Gasteiger partial charge in [-0.25, -0.2) is 0 Å². The fourth-order valence-electron chi connectivity index (χ4n) is 1.84. The predicted octanol–water partition coefficient (Wildman–Crippen LogP) is 4.13. The number of halogens is 1. The molecule has 1 unspecified atom stereocenters. The van der Waals surface area contributed by atoms with Crippen molar-refractivity contribution in [3.8, 4) is 5.75 Å². The van der Waals surface area contributed by atoms with E-state index in [0.29, 0.717) is 11.8 Å². The summed E-state index contributed by atoms with van der Waals surface area (Å²) >= 11 is 6.01. The molecule has 0 spiro atoms. The Labute approximate surface area is 97.4 Å². The molecule has 0 aliphatic rings. The summed E-state index contributed by atoms with van der Waals surface area (Å²) in [6.07, 6.45) is 2.26. The van der Waals surface area contributed by atoms with Crippen LogP contribution in [-0.4, -0.2) is 13.0 Å². The third-order valence-corrected chi connectivity index (χ3v) is 3.02. The SMILES string of the molecule is CCCC(CCl)c1cc(C)ccc1OC. The maximum absolute atomic E-state index is 6.01. The third-order valence-electron chi connectivity index (χ3n) is 2.65. The van der Waals surface area contributed by atoms with Crippen LogP contribution in [0.15, 0.2) is 18.2 Å². The first-order chi connectivity index (χ1) is 7.22. The Morgan fingerprint density at radius 3 is 2.67 bits per heavy atom. The van der Waals surface area contributed by atoms with E-state index in [4.69, 9.17) is 16.3 Å². The Morgan fingerprint density at radius 2 is 2.13 bits per heavy atom. The zero-order valence-electron chi connectivity index (χ0n) is 9.72. The molecule has 0 aromatic heterocycles. The summed E-state index contributed by atoms with van der Waals surface area (Å²) in [6, 6.07) is 6.28. The van der Waals surface area contributed by atoms with Gasteiger partial charge in [-0.3, -0.25) is 0 Å². The second-order valence-electron chi connectivity index (χ2n) is 3.89. The van der Waals surface area contributed by atoms with Crippen molar-refractivity contribution in [3.63, 3.8) is 0 Å². The summed E-state index contributed by atoms with van der Waals surface area (Å²) in [7, 11) is 1.71. The highest BCUT2D eigenvalue weighted by Gasteiger charge is 2.14. The van der Waals surface area contributed by atoms with Crippen molar-refractivity contribution in [2.75, 3.05) is 13.0 Å². The van der Waals surface area contributed by atoms with Crippen LogP contribution in [0.4, 0.5) is 0 Å². The molecule has 0 N–H and O–H groups in total. The molecule has 0 heterocycles. The van der Waals surface area contributed by atoms with Gasteiger partial charge < -0.3 is 4.74 Å². The van der Waals surface area contributed by atoms with E-state index in [1.54, 1.807) is 7.11 Å². The van der Waals surface area contributed by atoms with E-state index in [1.165, 1.54) is 11.1 Å². The van der Waals surface area contributed by atoms with Crippen molar-refractivity contribution in [3.05, 3.63) is 29.3 Å². The number of methoxy groups -OCH3 is 1. The standard InChI is InChI=1S/C13H19ClO/c1-4-5-11(9-14)12-8-10(2)6-7-13(12)15-3/h6-8,11H,4-5,9H2,1-3H3. The van der Waals surface area contributed by atoms with Crippen molar-refractivity contribution in [1.29, 1.82) is 0 Å². The topological polar surface area (TPSA) is 9.23 Å². The van der Waals surface area contributed by atoms with Gasteiger partial charge in [0.25, 0.3) is 0 Å². The lowest BCUT2D eigenvalue weighted by atomic mass is 9.94. The van der Waals surface area contributed by atoms with Crippen LogP contribution in [-0.2, 0) is 0 Å². The summed E-state index contributed by atoms with van der Waals surface area (Å²) in [6.45, 7) is 4.28. The zero-order valence-corrected chi connectivity index (χ0v) is 10.5. The monoisotopic (exact) mass is 226 g/mol. The summed E-state index contributed by atoms with van der Waals surface area (Å²) < 4.78 is 5.37. The summed E-state index contributed by atoms with van der Waals surface area (Å²) in [5.74, 6) is 2.03. The average molecular weight is 227 g/mol. The van der Waals surface area contributed by atoms with Gasteiger partial charge in [-0.2, -0.15) is 0 Å². The molecule has 0 amide bonds. The molecule has 84 valence electrons. The highest BCUT2D eigenvalue weighted by atomic mass is 35.5. The second-order valence-corrected chi connectivity index (χ2v) is 4.19. The van der Waals surface area contributed by atoms with E-state index < -0.39 is 0 Å². The number of hydrogen-bond donors (Lipinski definition) is 0. The average Bonchev–Trinajstić information content (AvgIpc) is 2.26. The van der Waals surface area contributed by atoms with E-state index in [1.807, 2.05) is 6.07 Å². The first-order valence-corrected chi connectivity index (χ1v) is 5.96. The van der Waals surface area contributed by atoms with Crippen LogP contribution in [0.25, 0.3) is 0 Å². The lowest BCUT2D eigenvalue weighted by Gasteiger charge is -2.17. The highest BCUT2D eigenvalue weighted by molar-refractivity contribution is 6.18. The van der Waals surface area contributed by atoms with Crippen LogP contribution < -0.4 is 4.74 Å². The van der Waals surface area contributed by atoms with Crippen molar-refractivity contribution in [2.24, 2.45) is 0 Å². The van der Waals surface area contributed by atoms with Gasteiger partial charge in [0.2, 0.25) is 0 Å². The van der Waals surface area contributed by atoms with Crippen LogP contribution in [0.5, 0.6) is 5.75 Å². The number of aryl methyl sites for hydroxylation is 1. The minimum atomic E-state index is 0.409. The molecular formula is C13H19ClO. The van der Waals surface area contributed by atoms with Gasteiger partial charge in [-0.05, 0) is 25.0 Å². The molecule has 0 saturated heterocycles. The van der Waals surface area contributed by atoms with Crippen molar-refractivity contribution >= 4 is 11.6 Å². The fourth-order valence-corrected chi connectivity index (χ4v) is 2.16. The molecule has 2 heteroatoms. The van der Waals surface area contributed by atoms with Gasteiger partial charge in [0, 0.05) is 11.8 Å². The minimum Gasteiger partial charge on any atom is -0.496 e. The lowest BCUT2D eigenvalue weighted by molar-refractivity contribution is 0.405. The summed E-state index contributed by atoms with van der Waals surface area (Å²) in [4.78, 5) is 0. The van der Waals surface area contributed by atoms with E-state index >= 15 is 0 Å². The Kier molecular flexibility index (Phi) is 4.97. The first-order valence-electron chi connectivity index (χ1n) is 5.43. The van der Waals surface area contributed by atoms with Crippen LogP contribution >= 0.6 is 11.6 Å². The quantitative estimate of drug-likeness (QED) is 0.687. The molecule has 1 nitrogen and oxygen atoms in total. The number of hydrogen-bond acceptors (Lipinski definition) is 1. The predicted molar refractivity (Wildman–Crippen MR) is 66.1 cm³/mol.